The number of aliphatic carboxylic acids is 1. The van der Waals surface area contributed by atoms with Crippen LogP contribution in [0.15, 0.2) is 0 Å². The molecule has 1 unspecified atom stereocenters. The Bertz CT molecular complexity index is 900. The van der Waals surface area contributed by atoms with E-state index in [-0.39, 0.29) is 24.2 Å². The first-order chi connectivity index (χ1) is 16.2. The van der Waals surface area contributed by atoms with Crippen molar-refractivity contribution in [1.29, 1.82) is 0 Å². The summed E-state index contributed by atoms with van der Waals surface area (Å²) in [6.07, 6.45) is 4.23. The molecule has 2 N–H and O–H groups in total. The lowest BCUT2D eigenvalue weighted by Gasteiger charge is -2.35. The van der Waals surface area contributed by atoms with Gasteiger partial charge in [-0.2, -0.15) is 0 Å². The molecule has 3 aliphatic rings. The van der Waals surface area contributed by atoms with E-state index in [1.54, 1.807) is 13.8 Å². The molecular formula is C24H38N4O6S. The molecule has 2 aliphatic heterocycles. The van der Waals surface area contributed by atoms with E-state index in [1.807, 2.05) is 13.8 Å². The van der Waals surface area contributed by atoms with E-state index in [4.69, 9.17) is 0 Å². The van der Waals surface area contributed by atoms with Gasteiger partial charge < -0.3 is 20.2 Å². The Hall–Kier alpha value is -2.30. The molecule has 196 valence electrons. The number of nitrogens with zero attached hydrogens (tertiary/aromatic N) is 3. The number of rotatable bonds is 8. The summed E-state index contributed by atoms with van der Waals surface area (Å²) in [6, 6.07) is -1.31. The fourth-order valence-electron chi connectivity index (χ4n) is 5.52. The zero-order chi connectivity index (χ0) is 26.3. The van der Waals surface area contributed by atoms with Crippen LogP contribution in [0.4, 0.5) is 4.79 Å². The maximum atomic E-state index is 14.0. The van der Waals surface area contributed by atoms with Gasteiger partial charge in [-0.25, -0.2) is 4.79 Å². The van der Waals surface area contributed by atoms with Crippen LogP contribution in [0.3, 0.4) is 0 Å². The molecule has 0 aromatic carbocycles. The van der Waals surface area contributed by atoms with Gasteiger partial charge in [0.2, 0.25) is 11.8 Å². The van der Waals surface area contributed by atoms with Gasteiger partial charge in [0.15, 0.2) is 0 Å². The van der Waals surface area contributed by atoms with Gasteiger partial charge in [0.25, 0.3) is 5.91 Å². The molecule has 2 saturated heterocycles. The Balaban J connectivity index is 1.96. The van der Waals surface area contributed by atoms with Crippen molar-refractivity contribution < 1.29 is 29.1 Å². The van der Waals surface area contributed by atoms with Crippen LogP contribution >= 0.6 is 11.8 Å². The Morgan fingerprint density at radius 2 is 1.71 bits per heavy atom. The quantitative estimate of drug-likeness (QED) is 0.478. The summed E-state index contributed by atoms with van der Waals surface area (Å²) in [5, 5.41) is 12.9. The van der Waals surface area contributed by atoms with Crippen molar-refractivity contribution in [2.45, 2.75) is 76.1 Å². The number of carbonyl (C=O) groups excluding carboxylic acids is 4. The molecule has 35 heavy (non-hydrogen) atoms. The number of carboxylic acids is 1. The van der Waals surface area contributed by atoms with Crippen molar-refractivity contribution in [3.05, 3.63) is 0 Å². The van der Waals surface area contributed by atoms with Crippen molar-refractivity contribution in [3.8, 4) is 0 Å². The highest BCUT2D eigenvalue weighted by Crippen LogP contribution is 2.42. The van der Waals surface area contributed by atoms with E-state index < -0.39 is 52.0 Å². The molecule has 0 spiro atoms. The molecule has 1 saturated carbocycles. The molecule has 5 amide bonds. The predicted octanol–water partition coefficient (Wildman–Crippen LogP) is 1.98. The SMILES string of the molecule is CNC(=O)[C@H]1N(C(=O)[C@H](CC2CCCC2)C(CN2C(=O)N(C)C(C)(C)C2=O)C(=O)O)CSC1(C)C. The second-order valence-corrected chi connectivity index (χ2v) is 12.6. The number of hydrogen-bond donors (Lipinski definition) is 2. The van der Waals surface area contributed by atoms with Gasteiger partial charge in [0.1, 0.15) is 11.6 Å². The van der Waals surface area contributed by atoms with E-state index >= 15 is 0 Å². The summed E-state index contributed by atoms with van der Waals surface area (Å²) in [6.45, 7) is 6.64. The number of hydrogen-bond acceptors (Lipinski definition) is 6. The van der Waals surface area contributed by atoms with Crippen molar-refractivity contribution >= 4 is 41.5 Å². The number of carbonyl (C=O) groups is 5. The molecule has 11 heteroatoms. The van der Waals surface area contributed by atoms with Crippen LogP contribution in [0.1, 0.15) is 59.8 Å². The Labute approximate surface area is 211 Å². The average molecular weight is 511 g/mol. The number of imide groups is 1. The smallest absolute Gasteiger partial charge is 0.327 e. The lowest BCUT2D eigenvalue weighted by Crippen LogP contribution is -2.55. The Morgan fingerprint density at radius 1 is 1.11 bits per heavy atom. The van der Waals surface area contributed by atoms with Crippen LogP contribution in [-0.4, -0.2) is 92.4 Å². The third-order valence-electron chi connectivity index (χ3n) is 8.01. The second-order valence-electron chi connectivity index (χ2n) is 11.0. The zero-order valence-electron chi connectivity index (χ0n) is 21.5. The van der Waals surface area contributed by atoms with Crippen molar-refractivity contribution in [2.75, 3.05) is 26.5 Å². The summed E-state index contributed by atoms with van der Waals surface area (Å²) in [5.74, 6) is -4.16. The fourth-order valence-corrected chi connectivity index (χ4v) is 6.66. The standard InChI is InChI=1S/C24H38N4O6S/c1-23(2)21(33)27(22(34)26(23)6)12-16(20(31)32)15(11-14-9-7-8-10-14)19(30)28-13-35-24(3,4)17(28)18(29)25-5/h14-17H,7-13H2,1-6H3,(H,25,29)(H,31,32)/t15-,16?,17-/m1/s1. The van der Waals surface area contributed by atoms with Crippen molar-refractivity contribution in [2.24, 2.45) is 17.8 Å². The number of urea groups is 1. The van der Waals surface area contributed by atoms with Crippen LogP contribution in [0.2, 0.25) is 0 Å². The second kappa shape index (κ2) is 9.99. The van der Waals surface area contributed by atoms with Gasteiger partial charge in [-0.3, -0.25) is 24.1 Å². The molecule has 2 heterocycles. The van der Waals surface area contributed by atoms with Crippen molar-refractivity contribution in [1.82, 2.24) is 20.0 Å². The Morgan fingerprint density at radius 3 is 2.20 bits per heavy atom. The van der Waals surface area contributed by atoms with E-state index in [1.165, 1.54) is 35.7 Å². The largest absolute Gasteiger partial charge is 0.481 e. The maximum Gasteiger partial charge on any atom is 0.327 e. The first kappa shape index (κ1) is 27.3. The molecule has 3 rings (SSSR count). The third-order valence-corrected chi connectivity index (χ3v) is 9.38. The number of thioether (sulfide) groups is 1. The molecule has 3 atom stereocenters. The van der Waals surface area contributed by atoms with Crippen LogP contribution in [-0.2, 0) is 19.2 Å². The number of nitrogens with one attached hydrogen (secondary N) is 1. The molecule has 0 radical (unpaired) electrons. The first-order valence-corrected chi connectivity index (χ1v) is 13.2. The zero-order valence-corrected chi connectivity index (χ0v) is 22.3. The van der Waals surface area contributed by atoms with E-state index in [0.29, 0.717) is 6.42 Å². The minimum atomic E-state index is -1.27. The lowest BCUT2D eigenvalue weighted by molar-refractivity contribution is -0.154. The highest BCUT2D eigenvalue weighted by atomic mass is 32.2. The third kappa shape index (κ3) is 5.01. The number of amides is 5. The monoisotopic (exact) mass is 510 g/mol. The maximum absolute atomic E-state index is 14.0. The van der Waals surface area contributed by atoms with Gasteiger partial charge in [-0.05, 0) is 40.0 Å². The minimum Gasteiger partial charge on any atom is -0.481 e. The van der Waals surface area contributed by atoms with Gasteiger partial charge in [-0.15, -0.1) is 11.8 Å². The summed E-state index contributed by atoms with van der Waals surface area (Å²) < 4.78 is -0.542. The van der Waals surface area contributed by atoms with Gasteiger partial charge in [0, 0.05) is 25.4 Å². The molecule has 0 aromatic heterocycles. The molecule has 0 bridgehead atoms. The van der Waals surface area contributed by atoms with Gasteiger partial charge in [0.05, 0.1) is 17.7 Å². The molecular weight excluding hydrogens is 472 g/mol. The van der Waals surface area contributed by atoms with Crippen LogP contribution < -0.4 is 5.32 Å². The van der Waals surface area contributed by atoms with Crippen molar-refractivity contribution in [3.63, 3.8) is 0 Å². The van der Waals surface area contributed by atoms with Crippen LogP contribution in [0.5, 0.6) is 0 Å². The highest BCUT2D eigenvalue weighted by Gasteiger charge is 2.54. The predicted molar refractivity (Wildman–Crippen MR) is 131 cm³/mol. The highest BCUT2D eigenvalue weighted by molar-refractivity contribution is 8.00. The fraction of sp³-hybridized carbons (Fsp3) is 0.792. The molecule has 1 aliphatic carbocycles. The molecule has 0 aromatic rings. The number of likely N-dealkylation sites (N-methyl/N-ethyl adjacent to an activating group) is 2. The summed E-state index contributed by atoms with van der Waals surface area (Å²) in [4.78, 5) is 68.9. The summed E-state index contributed by atoms with van der Waals surface area (Å²) >= 11 is 1.47. The lowest BCUT2D eigenvalue weighted by atomic mass is 9.81. The Kier molecular flexibility index (Phi) is 7.79. The molecule has 10 nitrogen and oxygen atoms in total. The van der Waals surface area contributed by atoms with E-state index in [9.17, 15) is 29.1 Å². The van der Waals surface area contributed by atoms with Crippen LogP contribution in [0, 0.1) is 17.8 Å². The first-order valence-electron chi connectivity index (χ1n) is 12.2. The normalized spacial score (nSPS) is 25.8. The van der Waals surface area contributed by atoms with E-state index in [0.717, 1.165) is 30.6 Å². The summed E-state index contributed by atoms with van der Waals surface area (Å²) in [5.41, 5.74) is -1.09. The molecule has 3 fully saturated rings. The topological polar surface area (TPSA) is 127 Å². The van der Waals surface area contributed by atoms with Crippen LogP contribution in [0.25, 0.3) is 0 Å². The number of carboxylic acid groups (broad SMARTS) is 1. The summed E-state index contributed by atoms with van der Waals surface area (Å²) in [7, 11) is 3.03. The minimum absolute atomic E-state index is 0.191. The van der Waals surface area contributed by atoms with Gasteiger partial charge >= 0.3 is 12.0 Å². The van der Waals surface area contributed by atoms with E-state index in [2.05, 4.69) is 5.32 Å². The average Bonchev–Trinajstić information content (AvgIpc) is 3.45. The van der Waals surface area contributed by atoms with Gasteiger partial charge in [-0.1, -0.05) is 25.7 Å².